The fourth-order valence-corrected chi connectivity index (χ4v) is 2.87. The number of anilines is 1. The summed E-state index contributed by atoms with van der Waals surface area (Å²) < 4.78 is 5.31. The van der Waals surface area contributed by atoms with E-state index in [-0.39, 0.29) is 22.1 Å². The van der Waals surface area contributed by atoms with E-state index in [1.807, 2.05) is 0 Å². The van der Waals surface area contributed by atoms with Gasteiger partial charge < -0.3 is 9.84 Å². The first-order valence-corrected chi connectivity index (χ1v) is 8.44. The van der Waals surface area contributed by atoms with E-state index < -0.39 is 11.8 Å². The number of phenols is 1. The molecule has 6 nitrogen and oxygen atoms in total. The van der Waals surface area contributed by atoms with Gasteiger partial charge in [-0.1, -0.05) is 29.3 Å². The summed E-state index contributed by atoms with van der Waals surface area (Å²) in [5, 5.41) is 11.5. The van der Waals surface area contributed by atoms with Crippen LogP contribution in [0.1, 0.15) is 12.5 Å². The number of aromatic hydroxyl groups is 1. The third-order valence-electron chi connectivity index (χ3n) is 3.62. The van der Waals surface area contributed by atoms with Crippen molar-refractivity contribution in [1.29, 1.82) is 0 Å². The van der Waals surface area contributed by atoms with Gasteiger partial charge in [0.05, 0.1) is 17.3 Å². The number of halogens is 2. The average molecular weight is 393 g/mol. The van der Waals surface area contributed by atoms with Crippen LogP contribution in [0.4, 0.5) is 5.69 Å². The van der Waals surface area contributed by atoms with E-state index in [1.54, 1.807) is 31.2 Å². The highest BCUT2D eigenvalue weighted by Crippen LogP contribution is 2.36. The second kappa shape index (κ2) is 7.27. The Balaban J connectivity index is 1.97. The van der Waals surface area contributed by atoms with Crippen molar-refractivity contribution in [3.05, 3.63) is 57.6 Å². The molecule has 3 rings (SSSR count). The Morgan fingerprint density at radius 3 is 2.69 bits per heavy atom. The van der Waals surface area contributed by atoms with Gasteiger partial charge in [0.2, 0.25) is 0 Å². The molecule has 0 unspecified atom stereocenters. The third kappa shape index (κ3) is 3.47. The van der Waals surface area contributed by atoms with Crippen LogP contribution in [0, 0.1) is 0 Å². The Morgan fingerprint density at radius 2 is 2.00 bits per heavy atom. The highest BCUT2D eigenvalue weighted by Gasteiger charge is 2.34. The second-order valence-electron chi connectivity index (χ2n) is 5.40. The maximum absolute atomic E-state index is 12.6. The number of carbonyl (C=O) groups excluding carboxylic acids is 2. The Labute approximate surface area is 159 Å². The number of hydrogen-bond acceptors (Lipinski definition) is 4. The van der Waals surface area contributed by atoms with E-state index in [9.17, 15) is 14.7 Å². The number of amides is 2. The minimum atomic E-state index is -0.558. The number of hydrogen-bond donors (Lipinski definition) is 2. The van der Waals surface area contributed by atoms with Crippen molar-refractivity contribution in [3.8, 4) is 11.5 Å². The molecule has 1 aliphatic rings. The monoisotopic (exact) mass is 392 g/mol. The lowest BCUT2D eigenvalue weighted by Gasteiger charge is -2.14. The van der Waals surface area contributed by atoms with Crippen LogP contribution in [0.25, 0.3) is 6.08 Å². The molecule has 0 aliphatic carbocycles. The van der Waals surface area contributed by atoms with Gasteiger partial charge in [-0.2, -0.15) is 0 Å². The van der Waals surface area contributed by atoms with Crippen molar-refractivity contribution >= 4 is 46.8 Å². The van der Waals surface area contributed by atoms with Crippen LogP contribution in [0.15, 0.2) is 42.0 Å². The highest BCUT2D eigenvalue weighted by atomic mass is 35.5. The summed E-state index contributed by atoms with van der Waals surface area (Å²) in [5.41, 5.74) is 3.30. The minimum Gasteiger partial charge on any atom is -0.503 e. The van der Waals surface area contributed by atoms with Crippen LogP contribution in [-0.2, 0) is 9.59 Å². The van der Waals surface area contributed by atoms with Gasteiger partial charge in [0.25, 0.3) is 11.8 Å². The second-order valence-corrected chi connectivity index (χ2v) is 6.25. The summed E-state index contributed by atoms with van der Waals surface area (Å²) in [4.78, 5) is 24.8. The van der Waals surface area contributed by atoms with E-state index in [2.05, 4.69) is 5.43 Å². The molecule has 26 heavy (non-hydrogen) atoms. The van der Waals surface area contributed by atoms with Crippen molar-refractivity contribution < 1.29 is 19.4 Å². The molecule has 0 spiro atoms. The fourth-order valence-electron chi connectivity index (χ4n) is 2.46. The van der Waals surface area contributed by atoms with Gasteiger partial charge in [-0.05, 0) is 48.9 Å². The van der Waals surface area contributed by atoms with Crippen molar-refractivity contribution in [3.63, 3.8) is 0 Å². The molecular formula is C18H14Cl2N2O4. The lowest BCUT2D eigenvalue weighted by atomic mass is 10.1. The summed E-state index contributed by atoms with van der Waals surface area (Å²) in [6.07, 6.45) is 1.38. The molecule has 1 heterocycles. The number of hydrazine groups is 1. The van der Waals surface area contributed by atoms with E-state index in [0.29, 0.717) is 22.9 Å². The largest absolute Gasteiger partial charge is 0.503 e. The normalized spacial score (nSPS) is 15.5. The van der Waals surface area contributed by atoms with Gasteiger partial charge in [0, 0.05) is 5.02 Å². The molecule has 0 aromatic heterocycles. The van der Waals surface area contributed by atoms with Gasteiger partial charge in [0.15, 0.2) is 11.5 Å². The van der Waals surface area contributed by atoms with Crippen LogP contribution >= 0.6 is 23.2 Å². The predicted octanol–water partition coefficient (Wildman–Crippen LogP) is 3.56. The van der Waals surface area contributed by atoms with Gasteiger partial charge in [0.1, 0.15) is 5.57 Å². The molecule has 1 fully saturated rings. The number of benzene rings is 2. The third-order valence-corrected chi connectivity index (χ3v) is 4.14. The van der Waals surface area contributed by atoms with Crippen molar-refractivity contribution in [2.75, 3.05) is 11.6 Å². The summed E-state index contributed by atoms with van der Waals surface area (Å²) in [7, 11) is 0. The molecule has 134 valence electrons. The summed E-state index contributed by atoms with van der Waals surface area (Å²) in [6, 6.07) is 9.49. The van der Waals surface area contributed by atoms with Crippen molar-refractivity contribution in [1.82, 2.24) is 5.43 Å². The van der Waals surface area contributed by atoms with Crippen molar-refractivity contribution in [2.45, 2.75) is 6.92 Å². The molecule has 0 radical (unpaired) electrons. The quantitative estimate of drug-likeness (QED) is 0.615. The predicted molar refractivity (Wildman–Crippen MR) is 99.3 cm³/mol. The Kier molecular flexibility index (Phi) is 5.06. The average Bonchev–Trinajstić information content (AvgIpc) is 2.87. The Morgan fingerprint density at radius 1 is 1.23 bits per heavy atom. The molecule has 2 N–H and O–H groups in total. The molecule has 1 aliphatic heterocycles. The molecule has 2 aromatic carbocycles. The fraction of sp³-hybridized carbons (Fsp3) is 0.111. The first kappa shape index (κ1) is 18.1. The molecule has 2 aromatic rings. The van der Waals surface area contributed by atoms with E-state index >= 15 is 0 Å². The standard InChI is InChI=1S/C18H14Cl2N2O4/c1-2-26-15-8-10(7-14(20)16(15)23)6-13-17(24)21-22(18(13)25)12-5-3-4-11(19)9-12/h3-9,23H,2H2,1H3,(H,21,24). The van der Waals surface area contributed by atoms with Gasteiger partial charge >= 0.3 is 0 Å². The number of nitrogens with one attached hydrogen (secondary N) is 1. The molecule has 1 saturated heterocycles. The van der Waals surface area contributed by atoms with Crippen LogP contribution in [0.5, 0.6) is 11.5 Å². The molecule has 2 amide bonds. The zero-order valence-electron chi connectivity index (χ0n) is 13.6. The summed E-state index contributed by atoms with van der Waals surface area (Å²) >= 11 is 11.9. The van der Waals surface area contributed by atoms with Crippen LogP contribution in [0.3, 0.4) is 0 Å². The van der Waals surface area contributed by atoms with Gasteiger partial charge in [-0.3, -0.25) is 15.0 Å². The topological polar surface area (TPSA) is 78.9 Å². The number of ether oxygens (including phenoxy) is 1. The Bertz CT molecular complexity index is 927. The minimum absolute atomic E-state index is 0.0559. The highest BCUT2D eigenvalue weighted by molar-refractivity contribution is 6.34. The van der Waals surface area contributed by atoms with Gasteiger partial charge in [-0.15, -0.1) is 0 Å². The molecule has 0 bridgehead atoms. The van der Waals surface area contributed by atoms with Crippen molar-refractivity contribution in [2.24, 2.45) is 0 Å². The lowest BCUT2D eigenvalue weighted by Crippen LogP contribution is -2.35. The molecular weight excluding hydrogens is 379 g/mol. The SMILES string of the molecule is CCOc1cc(C=C2C(=O)NN(c3cccc(Cl)c3)C2=O)cc(Cl)c1O. The lowest BCUT2D eigenvalue weighted by molar-refractivity contribution is -0.117. The molecule has 8 heteroatoms. The number of phenolic OH excluding ortho intramolecular Hbond substituents is 1. The zero-order valence-corrected chi connectivity index (χ0v) is 15.1. The van der Waals surface area contributed by atoms with Crippen LogP contribution in [-0.4, -0.2) is 23.5 Å². The van der Waals surface area contributed by atoms with E-state index in [4.69, 9.17) is 27.9 Å². The smallest absolute Gasteiger partial charge is 0.282 e. The number of rotatable bonds is 4. The maximum Gasteiger partial charge on any atom is 0.282 e. The van der Waals surface area contributed by atoms with Crippen LogP contribution < -0.4 is 15.2 Å². The van der Waals surface area contributed by atoms with E-state index in [0.717, 1.165) is 5.01 Å². The first-order chi connectivity index (χ1) is 12.4. The van der Waals surface area contributed by atoms with Gasteiger partial charge in [-0.25, -0.2) is 5.01 Å². The zero-order chi connectivity index (χ0) is 18.8. The maximum atomic E-state index is 12.6. The summed E-state index contributed by atoms with van der Waals surface area (Å²) in [6.45, 7) is 2.08. The molecule has 0 atom stereocenters. The van der Waals surface area contributed by atoms with E-state index in [1.165, 1.54) is 18.2 Å². The first-order valence-electron chi connectivity index (χ1n) is 7.68. The van der Waals surface area contributed by atoms with Crippen LogP contribution in [0.2, 0.25) is 10.0 Å². The summed E-state index contributed by atoms with van der Waals surface area (Å²) in [5.74, 6) is -1.11. The Hall–Kier alpha value is -2.70. The number of carbonyl (C=O) groups is 2. The number of nitrogens with zero attached hydrogens (tertiary/aromatic N) is 1. The molecule has 0 saturated carbocycles.